The number of benzene rings is 1. The summed E-state index contributed by atoms with van der Waals surface area (Å²) < 4.78 is 4.91. The van der Waals surface area contributed by atoms with Gasteiger partial charge in [-0.15, -0.1) is 0 Å². The summed E-state index contributed by atoms with van der Waals surface area (Å²) in [4.78, 5) is 24.5. The van der Waals surface area contributed by atoms with Gasteiger partial charge in [0.1, 0.15) is 12.4 Å². The van der Waals surface area contributed by atoms with Crippen LogP contribution in [-0.4, -0.2) is 40.3 Å². The van der Waals surface area contributed by atoms with E-state index in [0.717, 1.165) is 5.56 Å². The van der Waals surface area contributed by atoms with Crippen LogP contribution in [-0.2, 0) is 16.0 Å². The van der Waals surface area contributed by atoms with Gasteiger partial charge in [-0.3, -0.25) is 4.90 Å². The molecule has 0 aliphatic carbocycles. The quantitative estimate of drug-likeness (QED) is 0.821. The lowest BCUT2D eigenvalue weighted by Gasteiger charge is -2.33. The maximum atomic E-state index is 11.9. The first kappa shape index (κ1) is 13.9. The predicted molar refractivity (Wildman–Crippen MR) is 70.4 cm³/mol. The standard InChI is InChI=1S/C14H15NO5/c1-2-7-20-14(19)15-6-5-9-8-10(16)3-4-11(9)12(15)13(17)18/h2-4,8,12,16H,1,5-7H2,(H,17,18). The van der Waals surface area contributed by atoms with Crippen molar-refractivity contribution in [3.8, 4) is 5.75 Å². The molecule has 1 atom stereocenters. The van der Waals surface area contributed by atoms with E-state index in [1.807, 2.05) is 0 Å². The number of carbonyl (C=O) groups is 2. The van der Waals surface area contributed by atoms with Crippen LogP contribution in [0, 0.1) is 0 Å². The number of ether oxygens (including phenoxy) is 1. The number of carboxylic acids is 1. The molecule has 2 N–H and O–H groups in total. The summed E-state index contributed by atoms with van der Waals surface area (Å²) in [5, 5.41) is 18.8. The van der Waals surface area contributed by atoms with Crippen molar-refractivity contribution < 1.29 is 24.5 Å². The Morgan fingerprint density at radius 1 is 1.50 bits per heavy atom. The van der Waals surface area contributed by atoms with E-state index in [4.69, 9.17) is 4.74 Å². The summed E-state index contributed by atoms with van der Waals surface area (Å²) >= 11 is 0. The van der Waals surface area contributed by atoms with Gasteiger partial charge in [0.05, 0.1) is 0 Å². The first-order valence-electron chi connectivity index (χ1n) is 6.13. The number of carbonyl (C=O) groups excluding carboxylic acids is 1. The Labute approximate surface area is 115 Å². The van der Waals surface area contributed by atoms with Gasteiger partial charge < -0.3 is 14.9 Å². The number of phenolic OH excluding ortho intramolecular Hbond substituents is 1. The van der Waals surface area contributed by atoms with Crippen molar-refractivity contribution in [3.63, 3.8) is 0 Å². The lowest BCUT2D eigenvalue weighted by Crippen LogP contribution is -2.43. The second-order valence-corrected chi connectivity index (χ2v) is 4.43. The number of aromatic hydroxyl groups is 1. The lowest BCUT2D eigenvalue weighted by molar-refractivity contribution is -0.143. The van der Waals surface area contributed by atoms with Crippen LogP contribution in [0.2, 0.25) is 0 Å². The molecule has 0 radical (unpaired) electrons. The Morgan fingerprint density at radius 3 is 2.90 bits per heavy atom. The number of hydrogen-bond donors (Lipinski definition) is 2. The zero-order valence-electron chi connectivity index (χ0n) is 10.8. The molecule has 1 heterocycles. The third kappa shape index (κ3) is 2.59. The smallest absolute Gasteiger partial charge is 0.411 e. The highest BCUT2D eigenvalue weighted by molar-refractivity contribution is 5.82. The average Bonchev–Trinajstić information content (AvgIpc) is 2.42. The summed E-state index contributed by atoms with van der Waals surface area (Å²) in [5.41, 5.74) is 1.22. The van der Waals surface area contributed by atoms with Gasteiger partial charge in [0.15, 0.2) is 6.04 Å². The number of hydrogen-bond acceptors (Lipinski definition) is 4. The van der Waals surface area contributed by atoms with E-state index in [1.165, 1.54) is 29.2 Å². The van der Waals surface area contributed by atoms with Gasteiger partial charge in [-0.25, -0.2) is 9.59 Å². The van der Waals surface area contributed by atoms with Crippen LogP contribution >= 0.6 is 0 Å². The zero-order valence-corrected chi connectivity index (χ0v) is 10.8. The van der Waals surface area contributed by atoms with Crippen LogP contribution in [0.15, 0.2) is 30.9 Å². The largest absolute Gasteiger partial charge is 0.508 e. The molecule has 1 aromatic rings. The van der Waals surface area contributed by atoms with E-state index >= 15 is 0 Å². The second kappa shape index (κ2) is 5.64. The molecular formula is C14H15NO5. The topological polar surface area (TPSA) is 87.1 Å². The molecule has 0 spiro atoms. The monoisotopic (exact) mass is 277 g/mol. The Balaban J connectivity index is 2.33. The maximum absolute atomic E-state index is 11.9. The fraction of sp³-hybridized carbons (Fsp3) is 0.286. The van der Waals surface area contributed by atoms with Crippen LogP contribution in [0.3, 0.4) is 0 Å². The van der Waals surface area contributed by atoms with E-state index in [-0.39, 0.29) is 18.9 Å². The Bertz CT molecular complexity index is 554. The van der Waals surface area contributed by atoms with E-state index in [2.05, 4.69) is 6.58 Å². The minimum atomic E-state index is -1.13. The van der Waals surface area contributed by atoms with Crippen molar-refractivity contribution in [2.75, 3.05) is 13.2 Å². The Kier molecular flexibility index (Phi) is 3.93. The molecule has 1 aliphatic rings. The molecule has 0 bridgehead atoms. The summed E-state index contributed by atoms with van der Waals surface area (Å²) in [6.45, 7) is 3.70. The minimum absolute atomic E-state index is 0.0319. The molecule has 20 heavy (non-hydrogen) atoms. The molecule has 106 valence electrons. The van der Waals surface area contributed by atoms with Crippen molar-refractivity contribution in [3.05, 3.63) is 42.0 Å². The maximum Gasteiger partial charge on any atom is 0.411 e. The average molecular weight is 277 g/mol. The normalized spacial score (nSPS) is 17.2. The first-order valence-corrected chi connectivity index (χ1v) is 6.13. The summed E-state index contributed by atoms with van der Waals surface area (Å²) in [6.07, 6.45) is 1.20. The first-order chi connectivity index (χ1) is 9.54. The Hall–Kier alpha value is -2.50. The molecule has 0 saturated heterocycles. The molecule has 0 fully saturated rings. The number of fused-ring (bicyclic) bond motifs is 1. The van der Waals surface area contributed by atoms with Crippen LogP contribution in [0.4, 0.5) is 4.79 Å². The molecule has 6 heteroatoms. The molecule has 1 amide bonds. The van der Waals surface area contributed by atoms with Crippen molar-refractivity contribution in [1.82, 2.24) is 4.90 Å². The number of amides is 1. The van der Waals surface area contributed by atoms with Crippen molar-refractivity contribution in [2.45, 2.75) is 12.5 Å². The lowest BCUT2D eigenvalue weighted by atomic mass is 9.92. The zero-order chi connectivity index (χ0) is 14.7. The minimum Gasteiger partial charge on any atom is -0.508 e. The Morgan fingerprint density at radius 2 is 2.25 bits per heavy atom. The predicted octanol–water partition coefficient (Wildman–Crippen LogP) is 1.70. The highest BCUT2D eigenvalue weighted by Gasteiger charge is 2.36. The summed E-state index contributed by atoms with van der Waals surface area (Å²) in [5.74, 6) is -1.05. The van der Waals surface area contributed by atoms with Gasteiger partial charge in [-0.05, 0) is 29.7 Å². The molecule has 0 saturated carbocycles. The molecule has 1 unspecified atom stereocenters. The van der Waals surface area contributed by atoms with Gasteiger partial charge in [0.25, 0.3) is 0 Å². The van der Waals surface area contributed by atoms with Gasteiger partial charge >= 0.3 is 12.1 Å². The van der Waals surface area contributed by atoms with Crippen LogP contribution in [0.25, 0.3) is 0 Å². The van der Waals surface area contributed by atoms with E-state index < -0.39 is 18.1 Å². The van der Waals surface area contributed by atoms with Crippen LogP contribution < -0.4 is 0 Å². The highest BCUT2D eigenvalue weighted by Crippen LogP contribution is 2.32. The molecular weight excluding hydrogens is 262 g/mol. The van der Waals surface area contributed by atoms with Crippen LogP contribution in [0.5, 0.6) is 5.75 Å². The number of rotatable bonds is 3. The number of nitrogens with zero attached hydrogens (tertiary/aromatic N) is 1. The molecule has 2 rings (SSSR count). The van der Waals surface area contributed by atoms with Crippen molar-refractivity contribution >= 4 is 12.1 Å². The van der Waals surface area contributed by atoms with E-state index in [0.29, 0.717) is 12.0 Å². The molecule has 6 nitrogen and oxygen atoms in total. The second-order valence-electron chi connectivity index (χ2n) is 4.43. The van der Waals surface area contributed by atoms with Crippen LogP contribution in [0.1, 0.15) is 17.2 Å². The van der Waals surface area contributed by atoms with Crippen molar-refractivity contribution in [2.24, 2.45) is 0 Å². The van der Waals surface area contributed by atoms with Gasteiger partial charge in [0.2, 0.25) is 0 Å². The molecule has 1 aliphatic heterocycles. The molecule has 0 aromatic heterocycles. The fourth-order valence-corrected chi connectivity index (χ4v) is 2.29. The molecule has 1 aromatic carbocycles. The number of aliphatic carboxylic acids is 1. The summed E-state index contributed by atoms with van der Waals surface area (Å²) in [7, 11) is 0. The van der Waals surface area contributed by atoms with Crippen molar-refractivity contribution in [1.29, 1.82) is 0 Å². The van der Waals surface area contributed by atoms with E-state index in [1.54, 1.807) is 0 Å². The fourth-order valence-electron chi connectivity index (χ4n) is 2.29. The van der Waals surface area contributed by atoms with Gasteiger partial charge in [-0.1, -0.05) is 18.7 Å². The SMILES string of the molecule is C=CCOC(=O)N1CCc2cc(O)ccc2C1C(=O)O. The highest BCUT2D eigenvalue weighted by atomic mass is 16.6. The number of carboxylic acid groups (broad SMARTS) is 1. The third-order valence-electron chi connectivity index (χ3n) is 3.15. The van der Waals surface area contributed by atoms with Gasteiger partial charge in [-0.2, -0.15) is 0 Å². The van der Waals surface area contributed by atoms with Gasteiger partial charge in [0, 0.05) is 6.54 Å². The third-order valence-corrected chi connectivity index (χ3v) is 3.15. The summed E-state index contributed by atoms with van der Waals surface area (Å²) in [6, 6.07) is 3.36. The number of phenols is 1. The van der Waals surface area contributed by atoms with E-state index in [9.17, 15) is 19.8 Å².